The Labute approximate surface area is 150 Å². The highest BCUT2D eigenvalue weighted by Crippen LogP contribution is 2.39. The van der Waals surface area contributed by atoms with Gasteiger partial charge in [-0.25, -0.2) is 0 Å². The first-order valence-corrected chi connectivity index (χ1v) is 8.87. The minimum atomic E-state index is -1.67. The molecular weight excluding hydrogens is 344 g/mol. The van der Waals surface area contributed by atoms with E-state index in [0.717, 1.165) is 23.8 Å². The quantitative estimate of drug-likeness (QED) is 0.703. The number of halogens is 1. The maximum atomic E-state index is 12.5. The van der Waals surface area contributed by atoms with Gasteiger partial charge in [0.15, 0.2) is 5.58 Å². The summed E-state index contributed by atoms with van der Waals surface area (Å²) < 4.78 is 11.2. The van der Waals surface area contributed by atoms with Crippen LogP contribution in [0.15, 0.2) is 28.9 Å². The lowest BCUT2D eigenvalue weighted by Crippen LogP contribution is -2.50. The minimum absolute atomic E-state index is 0.0463. The number of rotatable bonds is 5. The van der Waals surface area contributed by atoms with Crippen LogP contribution in [0.4, 0.5) is 0 Å². The van der Waals surface area contributed by atoms with Gasteiger partial charge in [0.05, 0.1) is 35.4 Å². The van der Waals surface area contributed by atoms with Crippen LogP contribution < -0.4 is 5.32 Å². The summed E-state index contributed by atoms with van der Waals surface area (Å²) in [6.07, 6.45) is 4.49. The lowest BCUT2D eigenvalue weighted by molar-refractivity contribution is -0.126. The topological polar surface area (TPSA) is 91.9 Å². The van der Waals surface area contributed by atoms with Crippen molar-refractivity contribution in [2.45, 2.75) is 43.8 Å². The van der Waals surface area contributed by atoms with Gasteiger partial charge in [-0.2, -0.15) is 0 Å². The molecule has 8 heteroatoms. The van der Waals surface area contributed by atoms with Crippen LogP contribution in [-0.2, 0) is 16.0 Å². The molecule has 2 aliphatic heterocycles. The van der Waals surface area contributed by atoms with E-state index in [9.17, 15) is 14.8 Å². The molecule has 3 heterocycles. The van der Waals surface area contributed by atoms with Crippen molar-refractivity contribution in [2.24, 2.45) is 5.92 Å². The van der Waals surface area contributed by atoms with Crippen molar-refractivity contribution >= 4 is 35.6 Å². The van der Waals surface area contributed by atoms with Crippen molar-refractivity contribution in [2.75, 3.05) is 0 Å². The Kier molecular flexibility index (Phi) is 4.49. The van der Waals surface area contributed by atoms with Crippen LogP contribution >= 0.6 is 11.6 Å². The second-order valence-electron chi connectivity index (χ2n) is 6.83. The van der Waals surface area contributed by atoms with E-state index in [-0.39, 0.29) is 30.5 Å². The molecule has 2 aromatic rings. The molecule has 0 radical (unpaired) electrons. The van der Waals surface area contributed by atoms with E-state index < -0.39 is 13.1 Å². The third-order valence-corrected chi connectivity index (χ3v) is 5.50. The molecule has 2 bridgehead atoms. The van der Waals surface area contributed by atoms with Crippen molar-refractivity contribution in [3.05, 3.63) is 35.0 Å². The van der Waals surface area contributed by atoms with E-state index in [1.165, 1.54) is 0 Å². The van der Waals surface area contributed by atoms with E-state index in [1.807, 2.05) is 6.07 Å². The summed E-state index contributed by atoms with van der Waals surface area (Å²) in [4.78, 5) is 12.5. The predicted molar refractivity (Wildman–Crippen MR) is 93.1 cm³/mol. The zero-order valence-corrected chi connectivity index (χ0v) is 14.3. The summed E-state index contributed by atoms with van der Waals surface area (Å²) in [5, 5.41) is 23.5. The molecule has 0 aliphatic carbocycles. The Morgan fingerprint density at radius 2 is 2.24 bits per heavy atom. The average Bonchev–Trinajstić information content (AvgIpc) is 3.30. The van der Waals surface area contributed by atoms with E-state index >= 15 is 0 Å². The van der Waals surface area contributed by atoms with Crippen molar-refractivity contribution in [3.63, 3.8) is 0 Å². The van der Waals surface area contributed by atoms with Gasteiger partial charge in [-0.05, 0) is 37.3 Å². The minimum Gasteiger partial charge on any atom is -0.462 e. The molecule has 1 aromatic carbocycles. The fourth-order valence-electron chi connectivity index (χ4n) is 3.90. The zero-order valence-electron chi connectivity index (χ0n) is 13.5. The summed E-state index contributed by atoms with van der Waals surface area (Å²) in [5.41, 5.74) is 1.32. The lowest BCUT2D eigenvalue weighted by Gasteiger charge is -2.23. The molecule has 2 saturated heterocycles. The second kappa shape index (κ2) is 6.65. The van der Waals surface area contributed by atoms with Gasteiger partial charge in [-0.1, -0.05) is 23.7 Å². The van der Waals surface area contributed by atoms with Crippen LogP contribution in [0.25, 0.3) is 11.0 Å². The molecule has 25 heavy (non-hydrogen) atoms. The molecule has 0 spiro atoms. The van der Waals surface area contributed by atoms with Gasteiger partial charge in [-0.3, -0.25) is 4.79 Å². The number of amides is 1. The van der Waals surface area contributed by atoms with E-state index in [0.29, 0.717) is 17.0 Å². The van der Waals surface area contributed by atoms with Gasteiger partial charge >= 0.3 is 7.12 Å². The van der Waals surface area contributed by atoms with E-state index in [1.54, 1.807) is 18.4 Å². The third-order valence-electron chi connectivity index (χ3n) is 5.20. The molecule has 132 valence electrons. The van der Waals surface area contributed by atoms with Crippen LogP contribution in [0.5, 0.6) is 0 Å². The summed E-state index contributed by atoms with van der Waals surface area (Å²) in [6.45, 7) is 0. The Balaban J connectivity index is 1.49. The maximum absolute atomic E-state index is 12.5. The Morgan fingerprint density at radius 1 is 1.40 bits per heavy atom. The number of fused-ring (bicyclic) bond motifs is 3. The molecule has 4 rings (SSSR count). The summed E-state index contributed by atoms with van der Waals surface area (Å²) in [6, 6.07) is 5.39. The smallest absolute Gasteiger partial charge is 0.462 e. The van der Waals surface area contributed by atoms with Crippen LogP contribution in [-0.4, -0.2) is 41.2 Å². The van der Waals surface area contributed by atoms with Crippen LogP contribution in [0.2, 0.25) is 5.02 Å². The zero-order chi connectivity index (χ0) is 17.6. The van der Waals surface area contributed by atoms with Gasteiger partial charge < -0.3 is 24.5 Å². The van der Waals surface area contributed by atoms with Gasteiger partial charge in [0.25, 0.3) is 0 Å². The highest BCUT2D eigenvalue weighted by molar-refractivity contribution is 6.43. The highest BCUT2D eigenvalue weighted by Gasteiger charge is 2.45. The Hall–Kier alpha value is -1.54. The van der Waals surface area contributed by atoms with Gasteiger partial charge in [0, 0.05) is 5.39 Å². The van der Waals surface area contributed by atoms with Gasteiger partial charge in [0.1, 0.15) is 0 Å². The molecular formula is C17H19BClNO5. The van der Waals surface area contributed by atoms with Crippen LogP contribution in [0.3, 0.4) is 0 Å². The van der Waals surface area contributed by atoms with Gasteiger partial charge in [0.2, 0.25) is 5.91 Å². The number of carbonyl (C=O) groups is 1. The first-order valence-electron chi connectivity index (χ1n) is 8.49. The Bertz CT molecular complexity index is 794. The summed E-state index contributed by atoms with van der Waals surface area (Å²) in [7, 11) is -1.67. The third kappa shape index (κ3) is 3.17. The first kappa shape index (κ1) is 16.9. The molecule has 2 fully saturated rings. The second-order valence-corrected chi connectivity index (χ2v) is 7.23. The fourth-order valence-corrected chi connectivity index (χ4v) is 4.12. The molecule has 4 unspecified atom stereocenters. The lowest BCUT2D eigenvalue weighted by atomic mass is 9.75. The standard InChI is InChI=1S/C17H19BClNO5/c19-13-3-1-2-11-9(8-24-16(11)13)6-15(18(22)23)20-17(21)12-7-10-4-5-14(12)25-10/h1-3,8,10,12,14-15,22-23H,4-7H2,(H,20,21). The number of hydrogen-bond donors (Lipinski definition) is 3. The summed E-state index contributed by atoms with van der Waals surface area (Å²) in [5.74, 6) is -1.22. The van der Waals surface area contributed by atoms with E-state index in [4.69, 9.17) is 20.8 Å². The fraction of sp³-hybridized carbons (Fsp3) is 0.471. The normalized spacial score (nSPS) is 26.1. The molecule has 4 atom stereocenters. The maximum Gasteiger partial charge on any atom is 0.475 e. The monoisotopic (exact) mass is 363 g/mol. The number of para-hydroxylation sites is 1. The number of benzene rings is 1. The molecule has 1 aromatic heterocycles. The molecule has 2 aliphatic rings. The van der Waals surface area contributed by atoms with Crippen molar-refractivity contribution < 1.29 is 24.0 Å². The largest absolute Gasteiger partial charge is 0.475 e. The molecule has 1 amide bonds. The van der Waals surface area contributed by atoms with Crippen LogP contribution in [0.1, 0.15) is 24.8 Å². The number of hydrogen-bond acceptors (Lipinski definition) is 5. The van der Waals surface area contributed by atoms with Crippen molar-refractivity contribution in [1.29, 1.82) is 0 Å². The number of ether oxygens (including phenoxy) is 1. The number of nitrogens with one attached hydrogen (secondary N) is 1. The van der Waals surface area contributed by atoms with Crippen molar-refractivity contribution in [1.82, 2.24) is 5.32 Å². The SMILES string of the molecule is O=C(NC(Cc1coc2c(Cl)cccc12)B(O)O)C1CC2CCC1O2. The summed E-state index contributed by atoms with van der Waals surface area (Å²) >= 11 is 6.10. The number of carbonyl (C=O) groups excluding carboxylic acids is 1. The molecule has 6 nitrogen and oxygen atoms in total. The van der Waals surface area contributed by atoms with Crippen LogP contribution in [0, 0.1) is 5.92 Å². The predicted octanol–water partition coefficient (Wildman–Crippen LogP) is 1.69. The molecule has 3 N–H and O–H groups in total. The van der Waals surface area contributed by atoms with E-state index in [2.05, 4.69) is 5.32 Å². The highest BCUT2D eigenvalue weighted by atomic mass is 35.5. The van der Waals surface area contributed by atoms with Gasteiger partial charge in [-0.15, -0.1) is 0 Å². The van der Waals surface area contributed by atoms with Crippen molar-refractivity contribution in [3.8, 4) is 0 Å². The number of furan rings is 1. The first-order chi connectivity index (χ1) is 12.0. The Morgan fingerprint density at radius 3 is 2.92 bits per heavy atom. The molecule has 0 saturated carbocycles. The average molecular weight is 364 g/mol.